The van der Waals surface area contributed by atoms with Gasteiger partial charge in [-0.1, -0.05) is 34.9 Å². The number of rotatable bonds is 12. The smallest absolute Gasteiger partial charge is 0.230 e. The molecule has 8 nitrogen and oxygen atoms in total. The molecular formula is C12H20N4O4S3. The van der Waals surface area contributed by atoms with E-state index in [9.17, 15) is 9.59 Å². The molecule has 0 aromatic carbocycles. The summed E-state index contributed by atoms with van der Waals surface area (Å²) in [5, 5.41) is 13.4. The number of carbonyl (C=O) groups excluding carboxylic acids is 2. The van der Waals surface area contributed by atoms with Crippen molar-refractivity contribution in [1.29, 1.82) is 0 Å². The lowest BCUT2D eigenvalue weighted by atomic mass is 10.6. The van der Waals surface area contributed by atoms with Gasteiger partial charge in [0.05, 0.1) is 24.7 Å². The van der Waals surface area contributed by atoms with Crippen LogP contribution in [0.5, 0.6) is 0 Å². The molecule has 0 aliphatic carbocycles. The molecule has 0 saturated carbocycles. The first-order valence-corrected chi connectivity index (χ1v) is 9.55. The molecule has 0 fully saturated rings. The molecule has 0 saturated heterocycles. The fourth-order valence-electron chi connectivity index (χ4n) is 1.26. The van der Waals surface area contributed by atoms with Crippen molar-refractivity contribution in [3.05, 3.63) is 0 Å². The number of nitrogens with one attached hydrogen (secondary N) is 2. The number of methoxy groups -OCH3 is 2. The summed E-state index contributed by atoms with van der Waals surface area (Å²) in [7, 11) is 3.17. The van der Waals surface area contributed by atoms with Crippen LogP contribution in [0.25, 0.3) is 0 Å². The van der Waals surface area contributed by atoms with E-state index in [-0.39, 0.29) is 23.3 Å². The van der Waals surface area contributed by atoms with E-state index in [4.69, 9.17) is 9.47 Å². The molecule has 1 aromatic heterocycles. The number of hydrogen-bond donors (Lipinski definition) is 2. The summed E-state index contributed by atoms with van der Waals surface area (Å²) in [6, 6.07) is 0. The highest BCUT2D eigenvalue weighted by molar-refractivity contribution is 8.03. The van der Waals surface area contributed by atoms with Crippen molar-refractivity contribution in [3.8, 4) is 0 Å². The van der Waals surface area contributed by atoms with Crippen LogP contribution in [0.3, 0.4) is 0 Å². The fourth-order valence-corrected chi connectivity index (χ4v) is 3.94. The summed E-state index contributed by atoms with van der Waals surface area (Å²) >= 11 is 4.01. The zero-order valence-corrected chi connectivity index (χ0v) is 15.4. The highest BCUT2D eigenvalue weighted by atomic mass is 32.2. The second kappa shape index (κ2) is 12.5. The Balaban J connectivity index is 2.21. The quantitative estimate of drug-likeness (QED) is 0.393. The van der Waals surface area contributed by atoms with Crippen LogP contribution < -0.4 is 10.6 Å². The van der Waals surface area contributed by atoms with Crippen LogP contribution in [0.1, 0.15) is 0 Å². The predicted octanol–water partition coefficient (Wildman–Crippen LogP) is 0.248. The molecule has 0 spiro atoms. The van der Waals surface area contributed by atoms with E-state index >= 15 is 0 Å². The lowest BCUT2D eigenvalue weighted by molar-refractivity contribution is -0.119. The van der Waals surface area contributed by atoms with Crippen LogP contribution in [0.15, 0.2) is 8.68 Å². The van der Waals surface area contributed by atoms with Gasteiger partial charge in [-0.05, 0) is 0 Å². The molecule has 0 aliphatic rings. The molecular weight excluding hydrogens is 360 g/mol. The monoisotopic (exact) mass is 380 g/mol. The van der Waals surface area contributed by atoms with Gasteiger partial charge in [0, 0.05) is 27.3 Å². The third-order valence-electron chi connectivity index (χ3n) is 2.30. The van der Waals surface area contributed by atoms with Crippen molar-refractivity contribution in [2.75, 3.05) is 52.0 Å². The van der Waals surface area contributed by atoms with E-state index in [1.54, 1.807) is 14.2 Å². The molecule has 1 rings (SSSR count). The van der Waals surface area contributed by atoms with Crippen molar-refractivity contribution in [2.24, 2.45) is 0 Å². The lowest BCUT2D eigenvalue weighted by Gasteiger charge is -2.02. The highest BCUT2D eigenvalue weighted by Gasteiger charge is 2.10. The van der Waals surface area contributed by atoms with E-state index in [0.29, 0.717) is 35.0 Å². The van der Waals surface area contributed by atoms with Gasteiger partial charge in [0.2, 0.25) is 11.8 Å². The first kappa shape index (κ1) is 20.2. The Hall–Kier alpha value is -0.880. The number of nitrogens with zero attached hydrogens (tertiary/aromatic N) is 2. The van der Waals surface area contributed by atoms with Gasteiger partial charge in [0.15, 0.2) is 8.68 Å². The van der Waals surface area contributed by atoms with Crippen LogP contribution in [0.2, 0.25) is 0 Å². The van der Waals surface area contributed by atoms with Crippen molar-refractivity contribution >= 4 is 46.7 Å². The summed E-state index contributed by atoms with van der Waals surface area (Å²) in [5.74, 6) is 0.407. The lowest BCUT2D eigenvalue weighted by Crippen LogP contribution is -2.28. The molecule has 130 valence electrons. The summed E-state index contributed by atoms with van der Waals surface area (Å²) < 4.78 is 11.1. The van der Waals surface area contributed by atoms with E-state index in [2.05, 4.69) is 20.8 Å². The van der Waals surface area contributed by atoms with Gasteiger partial charge < -0.3 is 20.1 Å². The Morgan fingerprint density at radius 1 is 0.957 bits per heavy atom. The minimum atomic E-state index is -0.0750. The second-order valence-corrected chi connectivity index (χ2v) is 7.52. The van der Waals surface area contributed by atoms with Gasteiger partial charge in [-0.2, -0.15) is 0 Å². The zero-order valence-electron chi connectivity index (χ0n) is 13.0. The number of ether oxygens (including phenoxy) is 2. The molecule has 1 heterocycles. The molecule has 23 heavy (non-hydrogen) atoms. The number of thioether (sulfide) groups is 2. The van der Waals surface area contributed by atoms with Gasteiger partial charge in [0.25, 0.3) is 0 Å². The second-order valence-electron chi connectivity index (χ2n) is 4.10. The van der Waals surface area contributed by atoms with Gasteiger partial charge in [-0.15, -0.1) is 10.2 Å². The number of carbonyl (C=O) groups is 2. The minimum Gasteiger partial charge on any atom is -0.383 e. The first-order valence-electron chi connectivity index (χ1n) is 6.76. The number of hydrogen-bond acceptors (Lipinski definition) is 9. The maximum Gasteiger partial charge on any atom is 0.230 e. The van der Waals surface area contributed by atoms with Gasteiger partial charge in [-0.25, -0.2) is 0 Å². The van der Waals surface area contributed by atoms with Gasteiger partial charge in [-0.3, -0.25) is 9.59 Å². The standard InChI is InChI=1S/C12H20N4O4S3/c1-19-5-3-13-9(17)7-21-11-15-16-12(23-11)22-8-10(18)14-4-6-20-2/h3-8H2,1-2H3,(H,13,17)(H,14,18). The molecule has 0 atom stereocenters. The Morgan fingerprint density at radius 3 is 1.78 bits per heavy atom. The maximum atomic E-state index is 11.5. The Morgan fingerprint density at radius 2 is 1.39 bits per heavy atom. The third kappa shape index (κ3) is 9.76. The Labute approximate surface area is 147 Å². The van der Waals surface area contributed by atoms with E-state index in [1.165, 1.54) is 34.9 Å². The molecule has 0 radical (unpaired) electrons. The molecule has 1 aromatic rings. The zero-order chi connectivity index (χ0) is 16.9. The average Bonchev–Trinajstić information content (AvgIpc) is 2.99. The largest absolute Gasteiger partial charge is 0.383 e. The van der Waals surface area contributed by atoms with Gasteiger partial charge in [0.1, 0.15) is 0 Å². The topological polar surface area (TPSA) is 102 Å². The minimum absolute atomic E-state index is 0.0750. The van der Waals surface area contributed by atoms with E-state index < -0.39 is 0 Å². The normalized spacial score (nSPS) is 10.5. The van der Waals surface area contributed by atoms with E-state index in [0.717, 1.165) is 0 Å². The Bertz CT molecular complexity index is 446. The fraction of sp³-hybridized carbons (Fsp3) is 0.667. The number of amides is 2. The van der Waals surface area contributed by atoms with Crippen molar-refractivity contribution < 1.29 is 19.1 Å². The molecule has 2 N–H and O–H groups in total. The van der Waals surface area contributed by atoms with Crippen molar-refractivity contribution in [1.82, 2.24) is 20.8 Å². The molecule has 0 aliphatic heterocycles. The average molecular weight is 381 g/mol. The van der Waals surface area contributed by atoms with Gasteiger partial charge >= 0.3 is 0 Å². The maximum absolute atomic E-state index is 11.5. The van der Waals surface area contributed by atoms with Crippen molar-refractivity contribution in [3.63, 3.8) is 0 Å². The molecule has 2 amide bonds. The van der Waals surface area contributed by atoms with E-state index in [1.807, 2.05) is 0 Å². The van der Waals surface area contributed by atoms with Crippen LogP contribution in [-0.4, -0.2) is 74.0 Å². The van der Waals surface area contributed by atoms with Crippen molar-refractivity contribution in [2.45, 2.75) is 8.68 Å². The van der Waals surface area contributed by atoms with Crippen LogP contribution in [0, 0.1) is 0 Å². The molecule has 0 bridgehead atoms. The third-order valence-corrected chi connectivity index (χ3v) is 5.49. The summed E-state index contributed by atoms with van der Waals surface area (Å²) in [6.45, 7) is 1.96. The summed E-state index contributed by atoms with van der Waals surface area (Å²) in [6.07, 6.45) is 0. The Kier molecular flexibility index (Phi) is 11.0. The first-order chi connectivity index (χ1) is 11.2. The molecule has 0 unspecified atom stereocenters. The molecule has 11 heteroatoms. The highest BCUT2D eigenvalue weighted by Crippen LogP contribution is 2.28. The van der Waals surface area contributed by atoms with Crippen LogP contribution >= 0.6 is 34.9 Å². The summed E-state index contributed by atoms with van der Waals surface area (Å²) in [5.41, 5.74) is 0. The summed E-state index contributed by atoms with van der Waals surface area (Å²) in [4.78, 5) is 23.1. The SMILES string of the molecule is COCCNC(=O)CSc1nnc(SCC(=O)NCCOC)s1. The predicted molar refractivity (Wildman–Crippen MR) is 91.1 cm³/mol. The van der Waals surface area contributed by atoms with Crippen LogP contribution in [-0.2, 0) is 19.1 Å². The van der Waals surface area contributed by atoms with Crippen LogP contribution in [0.4, 0.5) is 0 Å². The number of aromatic nitrogens is 2.